The number of carbonyl (C=O) groups is 2. The minimum absolute atomic E-state index is 0.169. The van der Waals surface area contributed by atoms with Crippen molar-refractivity contribution in [2.45, 2.75) is 20.3 Å². The van der Waals surface area contributed by atoms with Crippen molar-refractivity contribution < 1.29 is 14.3 Å². The quantitative estimate of drug-likeness (QED) is 0.624. The summed E-state index contributed by atoms with van der Waals surface area (Å²) < 4.78 is 5.07. The number of ether oxygens (including phenoxy) is 1. The van der Waals surface area contributed by atoms with Crippen LogP contribution in [-0.2, 0) is 16.0 Å². The Hall–Kier alpha value is -2.42. The lowest BCUT2D eigenvalue weighted by molar-refractivity contribution is -0.141. The van der Waals surface area contributed by atoms with E-state index < -0.39 is 0 Å². The Morgan fingerprint density at radius 3 is 2.43 bits per heavy atom. The molecule has 0 aliphatic rings. The van der Waals surface area contributed by atoms with Gasteiger partial charge in [0.25, 0.3) is 0 Å². The number of carbonyl (C=O) groups excluding carboxylic acids is 2. The SMILES string of the molecule is Cc1ccc(C)c(C(=O)COC(=O)Cc2ccccc2)c1. The molecule has 2 aromatic rings. The normalized spacial score (nSPS) is 10.2. The van der Waals surface area contributed by atoms with E-state index in [1.807, 2.05) is 62.4 Å². The van der Waals surface area contributed by atoms with Gasteiger partial charge in [-0.3, -0.25) is 9.59 Å². The predicted octanol–water partition coefficient (Wildman–Crippen LogP) is 3.27. The fraction of sp³-hybridized carbons (Fsp3) is 0.222. The lowest BCUT2D eigenvalue weighted by Gasteiger charge is -2.07. The molecule has 2 rings (SSSR count). The lowest BCUT2D eigenvalue weighted by atomic mass is 10.0. The Morgan fingerprint density at radius 1 is 1.00 bits per heavy atom. The molecule has 0 aromatic heterocycles. The zero-order chi connectivity index (χ0) is 15.2. The molecule has 2 aromatic carbocycles. The Labute approximate surface area is 124 Å². The van der Waals surface area contributed by atoms with E-state index >= 15 is 0 Å². The molecule has 0 bridgehead atoms. The first-order chi connectivity index (χ1) is 10.1. The standard InChI is InChI=1S/C18H18O3/c1-13-8-9-14(2)16(10-13)17(19)12-21-18(20)11-15-6-4-3-5-7-15/h3-10H,11-12H2,1-2H3. The highest BCUT2D eigenvalue weighted by atomic mass is 16.5. The van der Waals surface area contributed by atoms with Crippen molar-refractivity contribution in [1.82, 2.24) is 0 Å². The number of hydrogen-bond donors (Lipinski definition) is 0. The molecule has 0 amide bonds. The summed E-state index contributed by atoms with van der Waals surface area (Å²) in [5.41, 5.74) is 3.40. The minimum atomic E-state index is -0.389. The van der Waals surface area contributed by atoms with Crippen LogP contribution in [0.3, 0.4) is 0 Å². The van der Waals surface area contributed by atoms with E-state index in [9.17, 15) is 9.59 Å². The summed E-state index contributed by atoms with van der Waals surface area (Å²) in [6.45, 7) is 3.59. The molecular weight excluding hydrogens is 264 g/mol. The van der Waals surface area contributed by atoms with Crippen LogP contribution in [0.1, 0.15) is 27.0 Å². The summed E-state index contributed by atoms with van der Waals surface area (Å²) in [6.07, 6.45) is 0.181. The number of esters is 1. The smallest absolute Gasteiger partial charge is 0.310 e. The van der Waals surface area contributed by atoms with Gasteiger partial charge in [-0.25, -0.2) is 0 Å². The molecule has 0 saturated heterocycles. The Kier molecular flexibility index (Phi) is 4.88. The van der Waals surface area contributed by atoms with E-state index in [4.69, 9.17) is 4.74 Å². The molecule has 0 atom stereocenters. The van der Waals surface area contributed by atoms with Crippen molar-refractivity contribution in [3.05, 3.63) is 70.8 Å². The number of rotatable bonds is 5. The highest BCUT2D eigenvalue weighted by Gasteiger charge is 2.12. The van der Waals surface area contributed by atoms with Gasteiger partial charge in [0.1, 0.15) is 0 Å². The van der Waals surface area contributed by atoms with E-state index in [-0.39, 0.29) is 24.8 Å². The number of Topliss-reactive ketones (excluding diaryl/α,β-unsaturated/α-hetero) is 1. The van der Waals surface area contributed by atoms with Crippen LogP contribution in [0.25, 0.3) is 0 Å². The van der Waals surface area contributed by atoms with Crippen LogP contribution < -0.4 is 0 Å². The van der Waals surface area contributed by atoms with Crippen LogP contribution in [0.15, 0.2) is 48.5 Å². The Bertz CT molecular complexity index is 645. The highest BCUT2D eigenvalue weighted by Crippen LogP contribution is 2.12. The third-order valence-corrected chi connectivity index (χ3v) is 3.25. The van der Waals surface area contributed by atoms with Crippen molar-refractivity contribution >= 4 is 11.8 Å². The monoisotopic (exact) mass is 282 g/mol. The number of ketones is 1. The fourth-order valence-electron chi connectivity index (χ4n) is 2.07. The molecule has 0 N–H and O–H groups in total. The molecule has 108 valence electrons. The second-order valence-corrected chi connectivity index (χ2v) is 5.06. The second kappa shape index (κ2) is 6.84. The molecule has 0 spiro atoms. The number of aryl methyl sites for hydroxylation is 2. The van der Waals surface area contributed by atoms with Crippen molar-refractivity contribution in [3.63, 3.8) is 0 Å². The van der Waals surface area contributed by atoms with Gasteiger partial charge >= 0.3 is 5.97 Å². The van der Waals surface area contributed by atoms with Gasteiger partial charge in [0.05, 0.1) is 6.42 Å². The third kappa shape index (κ3) is 4.28. The summed E-state index contributed by atoms with van der Waals surface area (Å²) in [6, 6.07) is 15.0. The van der Waals surface area contributed by atoms with E-state index in [0.29, 0.717) is 5.56 Å². The lowest BCUT2D eigenvalue weighted by Crippen LogP contribution is -2.16. The van der Waals surface area contributed by atoms with Gasteiger partial charge in [-0.05, 0) is 31.0 Å². The Balaban J connectivity index is 1.92. The topological polar surface area (TPSA) is 43.4 Å². The summed E-state index contributed by atoms with van der Waals surface area (Å²) in [5, 5.41) is 0. The molecule has 0 fully saturated rings. The van der Waals surface area contributed by atoms with Gasteiger partial charge in [0, 0.05) is 5.56 Å². The van der Waals surface area contributed by atoms with Crippen molar-refractivity contribution in [2.75, 3.05) is 6.61 Å². The molecule has 21 heavy (non-hydrogen) atoms. The predicted molar refractivity (Wildman–Crippen MR) is 81.4 cm³/mol. The van der Waals surface area contributed by atoms with Crippen LogP contribution in [-0.4, -0.2) is 18.4 Å². The van der Waals surface area contributed by atoms with Gasteiger partial charge < -0.3 is 4.74 Å². The van der Waals surface area contributed by atoms with Gasteiger partial charge in [0.15, 0.2) is 6.61 Å². The molecule has 3 heteroatoms. The van der Waals surface area contributed by atoms with E-state index in [1.54, 1.807) is 0 Å². The van der Waals surface area contributed by atoms with Crippen LogP contribution in [0.2, 0.25) is 0 Å². The van der Waals surface area contributed by atoms with Crippen LogP contribution in [0, 0.1) is 13.8 Å². The molecule has 3 nitrogen and oxygen atoms in total. The first-order valence-corrected chi connectivity index (χ1v) is 6.86. The van der Waals surface area contributed by atoms with Gasteiger partial charge in [0.2, 0.25) is 5.78 Å². The molecule has 0 saturated carbocycles. The van der Waals surface area contributed by atoms with E-state index in [0.717, 1.165) is 16.7 Å². The first-order valence-electron chi connectivity index (χ1n) is 6.86. The summed E-state index contributed by atoms with van der Waals surface area (Å²) in [4.78, 5) is 23.8. The summed E-state index contributed by atoms with van der Waals surface area (Å²) in [7, 11) is 0. The fourth-order valence-corrected chi connectivity index (χ4v) is 2.07. The van der Waals surface area contributed by atoms with Crippen LogP contribution in [0.4, 0.5) is 0 Å². The summed E-state index contributed by atoms with van der Waals surface area (Å²) in [5.74, 6) is -0.558. The highest BCUT2D eigenvalue weighted by molar-refractivity contribution is 5.99. The molecule has 0 unspecified atom stereocenters. The molecule has 0 aliphatic carbocycles. The maximum atomic E-state index is 12.1. The number of hydrogen-bond acceptors (Lipinski definition) is 3. The zero-order valence-corrected chi connectivity index (χ0v) is 12.3. The van der Waals surface area contributed by atoms with Gasteiger partial charge in [-0.2, -0.15) is 0 Å². The van der Waals surface area contributed by atoms with E-state index in [1.165, 1.54) is 0 Å². The van der Waals surface area contributed by atoms with Gasteiger partial charge in [-0.1, -0.05) is 48.0 Å². The molecule has 0 heterocycles. The first kappa shape index (κ1) is 15.0. The van der Waals surface area contributed by atoms with Crippen LogP contribution in [0.5, 0.6) is 0 Å². The van der Waals surface area contributed by atoms with Crippen LogP contribution >= 0.6 is 0 Å². The maximum Gasteiger partial charge on any atom is 0.310 e. The Morgan fingerprint density at radius 2 is 1.71 bits per heavy atom. The van der Waals surface area contributed by atoms with Crippen molar-refractivity contribution in [2.24, 2.45) is 0 Å². The average Bonchev–Trinajstić information content (AvgIpc) is 2.48. The minimum Gasteiger partial charge on any atom is -0.457 e. The average molecular weight is 282 g/mol. The largest absolute Gasteiger partial charge is 0.457 e. The zero-order valence-electron chi connectivity index (χ0n) is 12.3. The van der Waals surface area contributed by atoms with E-state index in [2.05, 4.69) is 0 Å². The molecule has 0 aliphatic heterocycles. The second-order valence-electron chi connectivity index (χ2n) is 5.06. The molecule has 0 radical (unpaired) electrons. The third-order valence-electron chi connectivity index (χ3n) is 3.25. The number of benzene rings is 2. The maximum absolute atomic E-state index is 12.1. The van der Waals surface area contributed by atoms with Crippen molar-refractivity contribution in [3.8, 4) is 0 Å². The van der Waals surface area contributed by atoms with Crippen molar-refractivity contribution in [1.29, 1.82) is 0 Å². The van der Waals surface area contributed by atoms with Gasteiger partial charge in [-0.15, -0.1) is 0 Å². The summed E-state index contributed by atoms with van der Waals surface area (Å²) >= 11 is 0. The molecular formula is C18H18O3.